The number of likely N-dealkylation sites (tertiary alicyclic amines) is 1. The number of nitrogens with one attached hydrogen (secondary N) is 4. The molecule has 0 bridgehead atoms. The highest BCUT2D eigenvalue weighted by Gasteiger charge is 2.44. The Labute approximate surface area is 314 Å². The average Bonchev–Trinajstić information content (AvgIpc) is 3.60. The van der Waals surface area contributed by atoms with Crippen LogP contribution in [0.15, 0.2) is 60.7 Å². The van der Waals surface area contributed by atoms with Gasteiger partial charge in [0.15, 0.2) is 0 Å². The summed E-state index contributed by atoms with van der Waals surface area (Å²) in [7, 11) is 0. The lowest BCUT2D eigenvalue weighted by Crippen LogP contribution is -2.60. The van der Waals surface area contributed by atoms with Crippen molar-refractivity contribution in [3.63, 3.8) is 0 Å². The molecule has 1 aliphatic heterocycles. The molecular formula is C41H58N6O6. The molecule has 1 heterocycles. The first-order chi connectivity index (χ1) is 25.4. The van der Waals surface area contributed by atoms with Crippen molar-refractivity contribution in [1.29, 1.82) is 0 Å². The number of carbonyl (C=O) groups is 6. The van der Waals surface area contributed by atoms with Gasteiger partial charge in [0.1, 0.15) is 18.1 Å². The number of hydrazine groups is 1. The normalized spacial score (nSPS) is 19.1. The number of hydrogen-bond acceptors (Lipinski definition) is 6. The van der Waals surface area contributed by atoms with Gasteiger partial charge in [-0.15, -0.1) is 0 Å². The predicted molar refractivity (Wildman–Crippen MR) is 202 cm³/mol. The number of carbonyl (C=O) groups excluding carboxylic acids is 6. The maximum atomic E-state index is 14.5. The molecule has 12 heteroatoms. The van der Waals surface area contributed by atoms with Crippen LogP contribution in [0, 0.1) is 17.8 Å². The van der Waals surface area contributed by atoms with Crippen LogP contribution in [0.1, 0.15) is 103 Å². The van der Waals surface area contributed by atoms with E-state index in [9.17, 15) is 28.8 Å². The van der Waals surface area contributed by atoms with E-state index < -0.39 is 53.7 Å². The Bertz CT molecular complexity index is 1550. The zero-order valence-corrected chi connectivity index (χ0v) is 31.9. The molecule has 0 aromatic heterocycles. The van der Waals surface area contributed by atoms with E-state index in [2.05, 4.69) is 21.4 Å². The Balaban J connectivity index is 1.53. The molecule has 2 aromatic rings. The van der Waals surface area contributed by atoms with Gasteiger partial charge in [0, 0.05) is 20.0 Å². The van der Waals surface area contributed by atoms with E-state index in [-0.39, 0.29) is 36.8 Å². The smallest absolute Gasteiger partial charge is 0.330 e. The molecule has 0 spiro atoms. The number of amides is 6. The van der Waals surface area contributed by atoms with Gasteiger partial charge >= 0.3 is 11.8 Å². The number of hydrogen-bond donors (Lipinski definition) is 4. The van der Waals surface area contributed by atoms with Crippen molar-refractivity contribution in [2.45, 2.75) is 117 Å². The topological polar surface area (TPSA) is 157 Å². The van der Waals surface area contributed by atoms with Crippen molar-refractivity contribution in [2.75, 3.05) is 13.1 Å². The fraction of sp³-hybridized carbons (Fsp3) is 0.561. The Hall–Kier alpha value is -4.74. The molecule has 1 saturated heterocycles. The third-order valence-electron chi connectivity index (χ3n) is 10.4. The van der Waals surface area contributed by atoms with Crippen molar-refractivity contribution in [1.82, 2.24) is 31.3 Å². The lowest BCUT2D eigenvalue weighted by Gasteiger charge is -2.34. The summed E-state index contributed by atoms with van der Waals surface area (Å²) in [6, 6.07) is 16.2. The third-order valence-corrected chi connectivity index (χ3v) is 10.4. The van der Waals surface area contributed by atoms with E-state index in [1.807, 2.05) is 81.4 Å². The molecule has 288 valence electrons. The number of nitrogens with zero attached hydrogens (tertiary/aromatic N) is 2. The largest absolute Gasteiger partial charge is 0.344 e. The summed E-state index contributed by atoms with van der Waals surface area (Å²) in [4.78, 5) is 82.6. The van der Waals surface area contributed by atoms with Crippen molar-refractivity contribution in [3.05, 3.63) is 71.8 Å². The van der Waals surface area contributed by atoms with E-state index >= 15 is 0 Å². The lowest BCUT2D eigenvalue weighted by molar-refractivity contribution is -0.153. The number of aryl methyl sites for hydroxylation is 1. The second-order valence-corrected chi connectivity index (χ2v) is 15.0. The van der Waals surface area contributed by atoms with Crippen LogP contribution in [0.3, 0.4) is 0 Å². The van der Waals surface area contributed by atoms with Crippen molar-refractivity contribution in [3.8, 4) is 0 Å². The number of benzene rings is 2. The van der Waals surface area contributed by atoms with Crippen LogP contribution in [0.25, 0.3) is 0 Å². The summed E-state index contributed by atoms with van der Waals surface area (Å²) >= 11 is 0. The van der Waals surface area contributed by atoms with Crippen LogP contribution in [0.4, 0.5) is 0 Å². The summed E-state index contributed by atoms with van der Waals surface area (Å²) in [6.07, 6.45) is 6.95. The molecule has 12 nitrogen and oxygen atoms in total. The molecule has 2 aliphatic rings. The van der Waals surface area contributed by atoms with E-state index in [4.69, 9.17) is 0 Å². The summed E-state index contributed by atoms with van der Waals surface area (Å²) < 4.78 is 0. The van der Waals surface area contributed by atoms with Gasteiger partial charge in [-0.3, -0.25) is 34.2 Å². The fourth-order valence-electron chi connectivity index (χ4n) is 7.50. The van der Waals surface area contributed by atoms with Crippen LogP contribution in [-0.2, 0) is 35.2 Å². The van der Waals surface area contributed by atoms with Crippen LogP contribution in [0.2, 0.25) is 0 Å². The molecule has 2 fully saturated rings. The lowest BCUT2D eigenvalue weighted by atomic mass is 9.83. The maximum absolute atomic E-state index is 14.5. The quantitative estimate of drug-likeness (QED) is 0.169. The molecule has 5 atom stereocenters. The van der Waals surface area contributed by atoms with Gasteiger partial charge in [-0.05, 0) is 74.3 Å². The van der Waals surface area contributed by atoms with Crippen LogP contribution < -0.4 is 21.4 Å². The van der Waals surface area contributed by atoms with Gasteiger partial charge < -0.3 is 20.9 Å². The third kappa shape index (κ3) is 11.6. The van der Waals surface area contributed by atoms with E-state index in [0.717, 1.165) is 61.1 Å². The molecule has 1 unspecified atom stereocenters. The van der Waals surface area contributed by atoms with Crippen LogP contribution in [0.5, 0.6) is 0 Å². The van der Waals surface area contributed by atoms with Crippen LogP contribution >= 0.6 is 0 Å². The zero-order chi connectivity index (χ0) is 38.5. The van der Waals surface area contributed by atoms with Crippen molar-refractivity contribution in [2.24, 2.45) is 17.8 Å². The first-order valence-corrected chi connectivity index (χ1v) is 19.3. The summed E-state index contributed by atoms with van der Waals surface area (Å²) in [5.74, 6) is -3.83. The Morgan fingerprint density at radius 3 is 2.09 bits per heavy atom. The predicted octanol–water partition coefficient (Wildman–Crippen LogP) is 4.21. The molecule has 1 aliphatic carbocycles. The van der Waals surface area contributed by atoms with Gasteiger partial charge in [0.05, 0.1) is 6.04 Å². The minimum atomic E-state index is -0.954. The van der Waals surface area contributed by atoms with Gasteiger partial charge in [0.2, 0.25) is 17.7 Å². The van der Waals surface area contributed by atoms with Crippen LogP contribution in [-0.4, -0.2) is 76.6 Å². The van der Waals surface area contributed by atoms with E-state index in [0.29, 0.717) is 12.8 Å². The van der Waals surface area contributed by atoms with E-state index in [1.54, 1.807) is 6.92 Å². The molecule has 6 amide bonds. The average molecular weight is 731 g/mol. The zero-order valence-electron chi connectivity index (χ0n) is 31.9. The molecule has 2 aromatic carbocycles. The Morgan fingerprint density at radius 2 is 1.49 bits per heavy atom. The van der Waals surface area contributed by atoms with E-state index in [1.165, 1.54) is 11.8 Å². The molecule has 4 rings (SSSR count). The van der Waals surface area contributed by atoms with Gasteiger partial charge in [-0.2, -0.15) is 0 Å². The second kappa shape index (κ2) is 19.9. The first kappa shape index (κ1) is 41.0. The highest BCUT2D eigenvalue weighted by Crippen LogP contribution is 2.30. The minimum absolute atomic E-state index is 0.0294. The Kier molecular flexibility index (Phi) is 15.4. The SMILES string of the molecule is CCCN(NC(=O)[C@@H]1C[C@@H](CCc2ccccc2)CN1C(=O)[C@@H](NC(=O)C(NC(C)=O)C1CCCCC1)C(C)C)C(=O)C(=O)N[C@@H](C)c1ccccc1. The van der Waals surface area contributed by atoms with Gasteiger partial charge in [0.25, 0.3) is 5.91 Å². The molecule has 53 heavy (non-hydrogen) atoms. The highest BCUT2D eigenvalue weighted by molar-refractivity contribution is 6.35. The number of rotatable bonds is 14. The summed E-state index contributed by atoms with van der Waals surface area (Å²) in [6.45, 7) is 9.05. The summed E-state index contributed by atoms with van der Waals surface area (Å²) in [5, 5.41) is 9.54. The molecule has 0 radical (unpaired) electrons. The molecule has 4 N–H and O–H groups in total. The van der Waals surface area contributed by atoms with Gasteiger partial charge in [-0.1, -0.05) is 101 Å². The molecular weight excluding hydrogens is 672 g/mol. The monoisotopic (exact) mass is 730 g/mol. The standard InChI is InChI=1S/C41H58N6O6/c1-6-24-47(41(53)39(51)42-28(4)32-18-12-8-13-19-32)45-37(49)34-25-31(23-22-30-16-10-7-11-17-30)26-46(34)40(52)35(27(2)3)44-38(50)36(43-29(5)48)33-20-14-9-15-21-33/h7-8,10-13,16-19,27-28,31,33-36H,6,9,14-15,20-26H2,1-5H3,(H,42,51)(H,43,48)(H,44,50)(H,45,49)/t28-,31+,34-,35-,36?/m0/s1. The fourth-order valence-corrected chi connectivity index (χ4v) is 7.50. The summed E-state index contributed by atoms with van der Waals surface area (Å²) in [5.41, 5.74) is 4.65. The maximum Gasteiger partial charge on any atom is 0.330 e. The van der Waals surface area contributed by atoms with Gasteiger partial charge in [-0.25, -0.2) is 5.01 Å². The first-order valence-electron chi connectivity index (χ1n) is 19.3. The van der Waals surface area contributed by atoms with Crippen molar-refractivity contribution >= 4 is 35.4 Å². The second-order valence-electron chi connectivity index (χ2n) is 15.0. The highest BCUT2D eigenvalue weighted by atomic mass is 16.2. The Morgan fingerprint density at radius 1 is 0.849 bits per heavy atom. The minimum Gasteiger partial charge on any atom is -0.344 e. The molecule has 1 saturated carbocycles. The van der Waals surface area contributed by atoms with Crippen molar-refractivity contribution < 1.29 is 28.8 Å².